The summed E-state index contributed by atoms with van der Waals surface area (Å²) in [5.41, 5.74) is 2.07. The van der Waals surface area contributed by atoms with Crippen LogP contribution in [-0.2, 0) is 4.74 Å². The fourth-order valence-corrected chi connectivity index (χ4v) is 2.85. The molecule has 1 unspecified atom stereocenters. The molecule has 0 saturated heterocycles. The summed E-state index contributed by atoms with van der Waals surface area (Å²) in [6, 6.07) is 4.12. The first kappa shape index (κ1) is 13.0. The van der Waals surface area contributed by atoms with Gasteiger partial charge in [-0.3, -0.25) is 4.98 Å². The van der Waals surface area contributed by atoms with Crippen LogP contribution in [0.2, 0.25) is 0 Å². The number of aromatic nitrogens is 2. The van der Waals surface area contributed by atoms with Crippen molar-refractivity contribution in [2.45, 2.75) is 19.9 Å². The Balaban J connectivity index is 2.43. The first-order chi connectivity index (χ1) is 8.72. The Morgan fingerprint density at radius 2 is 2.39 bits per heavy atom. The molecule has 2 rings (SSSR count). The minimum absolute atomic E-state index is 0.275. The van der Waals surface area contributed by atoms with Crippen molar-refractivity contribution >= 4 is 17.0 Å². The first-order valence-corrected chi connectivity index (χ1v) is 6.70. The lowest BCUT2D eigenvalue weighted by Crippen LogP contribution is -2.23. The van der Waals surface area contributed by atoms with Crippen molar-refractivity contribution in [3.05, 3.63) is 40.4 Å². The van der Waals surface area contributed by atoms with E-state index in [2.05, 4.69) is 33.8 Å². The average Bonchev–Trinajstić information content (AvgIpc) is 2.72. The molecule has 0 N–H and O–H groups in total. The van der Waals surface area contributed by atoms with E-state index < -0.39 is 0 Å². The Morgan fingerprint density at radius 3 is 3.06 bits per heavy atom. The average molecular weight is 263 g/mol. The molecule has 4 nitrogen and oxygen atoms in total. The number of methoxy groups -OCH3 is 1. The smallest absolute Gasteiger partial charge is 0.190 e. The zero-order valence-electron chi connectivity index (χ0n) is 10.8. The van der Waals surface area contributed by atoms with Crippen LogP contribution in [0.1, 0.15) is 18.7 Å². The highest BCUT2D eigenvalue weighted by atomic mass is 32.1. The highest BCUT2D eigenvalue weighted by Crippen LogP contribution is 2.12. The molecule has 2 aromatic heterocycles. The molecule has 1 atom stereocenters. The fourth-order valence-electron chi connectivity index (χ4n) is 1.86. The number of hydrogen-bond donors (Lipinski definition) is 0. The molecule has 5 heteroatoms. The van der Waals surface area contributed by atoms with Crippen molar-refractivity contribution in [3.63, 3.8) is 0 Å². The number of thiazole rings is 1. The predicted molar refractivity (Wildman–Crippen MR) is 73.1 cm³/mol. The molecule has 0 fully saturated rings. The number of pyridine rings is 1. The molecule has 0 radical (unpaired) electrons. The fraction of sp³-hybridized carbons (Fsp3) is 0.385. The zero-order chi connectivity index (χ0) is 13.0. The molecule has 0 spiro atoms. The summed E-state index contributed by atoms with van der Waals surface area (Å²) in [7, 11) is 1.72. The second kappa shape index (κ2) is 5.93. The normalized spacial score (nSPS) is 13.8. The number of rotatable bonds is 4. The predicted octanol–water partition coefficient (Wildman–Crippen LogP) is 2.69. The van der Waals surface area contributed by atoms with Crippen molar-refractivity contribution in [2.75, 3.05) is 13.7 Å². The van der Waals surface area contributed by atoms with Crippen LogP contribution in [0.3, 0.4) is 0 Å². The third-order valence-corrected chi connectivity index (χ3v) is 3.60. The zero-order valence-corrected chi connectivity index (χ0v) is 11.6. The number of ether oxygens (including phenoxy) is 1. The van der Waals surface area contributed by atoms with E-state index in [1.165, 1.54) is 5.69 Å². The van der Waals surface area contributed by atoms with Gasteiger partial charge in [0.05, 0.1) is 24.5 Å². The molecule has 0 aliphatic rings. The maximum absolute atomic E-state index is 5.22. The lowest BCUT2D eigenvalue weighted by Gasteiger charge is -2.14. The summed E-state index contributed by atoms with van der Waals surface area (Å²) < 4.78 is 7.41. The van der Waals surface area contributed by atoms with Gasteiger partial charge in [-0.1, -0.05) is 0 Å². The van der Waals surface area contributed by atoms with Crippen molar-refractivity contribution in [3.8, 4) is 0 Å². The molecule has 2 aromatic rings. The van der Waals surface area contributed by atoms with Gasteiger partial charge in [0, 0.05) is 24.4 Å². The second-order valence-corrected chi connectivity index (χ2v) is 4.99. The molecule has 0 aliphatic carbocycles. The summed E-state index contributed by atoms with van der Waals surface area (Å²) in [4.78, 5) is 9.68. The highest BCUT2D eigenvalue weighted by molar-refractivity contribution is 7.07. The molecule has 96 valence electrons. The molecule has 18 heavy (non-hydrogen) atoms. The summed E-state index contributed by atoms with van der Waals surface area (Å²) in [5.74, 6) is 0. The minimum atomic E-state index is 0.275. The summed E-state index contributed by atoms with van der Waals surface area (Å²) in [6.45, 7) is 4.90. The van der Waals surface area contributed by atoms with Gasteiger partial charge in [-0.25, -0.2) is 4.99 Å². The summed E-state index contributed by atoms with van der Waals surface area (Å²) >= 11 is 1.64. The van der Waals surface area contributed by atoms with Crippen LogP contribution in [0.4, 0.5) is 5.69 Å². The van der Waals surface area contributed by atoms with Crippen LogP contribution in [-0.4, -0.2) is 23.3 Å². The molecule has 0 bridgehead atoms. The lowest BCUT2D eigenvalue weighted by molar-refractivity contribution is 0.160. The van der Waals surface area contributed by atoms with Gasteiger partial charge in [-0.2, -0.15) is 0 Å². The first-order valence-electron chi connectivity index (χ1n) is 5.82. The van der Waals surface area contributed by atoms with Crippen LogP contribution < -0.4 is 4.80 Å². The van der Waals surface area contributed by atoms with Crippen molar-refractivity contribution in [1.29, 1.82) is 0 Å². The number of hydrogen-bond acceptors (Lipinski definition) is 4. The molecule has 0 aromatic carbocycles. The van der Waals surface area contributed by atoms with Crippen molar-refractivity contribution in [1.82, 2.24) is 9.55 Å². The Bertz CT molecular complexity index is 559. The maximum Gasteiger partial charge on any atom is 0.190 e. The third kappa shape index (κ3) is 2.86. The summed E-state index contributed by atoms with van der Waals surface area (Å²) in [5, 5.41) is 2.11. The van der Waals surface area contributed by atoms with E-state index in [9.17, 15) is 0 Å². The van der Waals surface area contributed by atoms with Gasteiger partial charge < -0.3 is 9.30 Å². The Morgan fingerprint density at radius 1 is 1.56 bits per heavy atom. The van der Waals surface area contributed by atoms with Crippen LogP contribution in [0.15, 0.2) is 34.9 Å². The van der Waals surface area contributed by atoms with E-state index >= 15 is 0 Å². The number of aryl methyl sites for hydroxylation is 1. The van der Waals surface area contributed by atoms with E-state index in [4.69, 9.17) is 4.74 Å². The topological polar surface area (TPSA) is 39.4 Å². The Kier molecular flexibility index (Phi) is 4.28. The van der Waals surface area contributed by atoms with Gasteiger partial charge in [-0.05, 0) is 26.0 Å². The molecule has 0 saturated carbocycles. The Labute approximate surface area is 111 Å². The van der Waals surface area contributed by atoms with E-state index in [0.29, 0.717) is 6.61 Å². The van der Waals surface area contributed by atoms with Crippen LogP contribution in [0, 0.1) is 6.92 Å². The molecule has 0 aliphatic heterocycles. The molecular weight excluding hydrogens is 246 g/mol. The monoisotopic (exact) mass is 263 g/mol. The minimum Gasteiger partial charge on any atom is -0.383 e. The largest absolute Gasteiger partial charge is 0.383 e. The van der Waals surface area contributed by atoms with Gasteiger partial charge in [0.2, 0.25) is 0 Å². The maximum atomic E-state index is 5.22. The quantitative estimate of drug-likeness (QED) is 0.850. The number of nitrogens with zero attached hydrogens (tertiary/aromatic N) is 3. The standard InChI is InChI=1S/C13H17N3OS/c1-10(8-17-3)16-11(2)9-18-13(16)15-12-5-4-6-14-7-12/h4-7,9-10H,8H2,1-3H3. The highest BCUT2D eigenvalue weighted by Gasteiger charge is 2.09. The van der Waals surface area contributed by atoms with Crippen LogP contribution in [0.5, 0.6) is 0 Å². The van der Waals surface area contributed by atoms with Gasteiger partial charge in [0.1, 0.15) is 0 Å². The van der Waals surface area contributed by atoms with E-state index in [1.807, 2.05) is 12.1 Å². The third-order valence-electron chi connectivity index (χ3n) is 2.64. The van der Waals surface area contributed by atoms with Gasteiger partial charge in [-0.15, -0.1) is 11.3 Å². The van der Waals surface area contributed by atoms with Crippen LogP contribution in [0.25, 0.3) is 0 Å². The van der Waals surface area contributed by atoms with E-state index in [1.54, 1.807) is 30.8 Å². The van der Waals surface area contributed by atoms with Crippen molar-refractivity contribution < 1.29 is 4.74 Å². The SMILES string of the molecule is COCC(C)n1c(C)csc1=Nc1cccnc1. The van der Waals surface area contributed by atoms with Gasteiger partial charge in [0.15, 0.2) is 4.80 Å². The van der Waals surface area contributed by atoms with Gasteiger partial charge >= 0.3 is 0 Å². The lowest BCUT2D eigenvalue weighted by atomic mass is 10.3. The Hall–Kier alpha value is -1.46. The van der Waals surface area contributed by atoms with E-state index in [-0.39, 0.29) is 6.04 Å². The van der Waals surface area contributed by atoms with Gasteiger partial charge in [0.25, 0.3) is 0 Å². The molecule has 0 amide bonds. The summed E-state index contributed by atoms with van der Waals surface area (Å²) in [6.07, 6.45) is 3.51. The van der Waals surface area contributed by atoms with E-state index in [0.717, 1.165) is 10.5 Å². The van der Waals surface area contributed by atoms with Crippen molar-refractivity contribution in [2.24, 2.45) is 4.99 Å². The molecule has 2 heterocycles. The molecular formula is C13H17N3OS. The second-order valence-electron chi connectivity index (χ2n) is 4.16. The van der Waals surface area contributed by atoms with Crippen LogP contribution >= 0.6 is 11.3 Å².